The van der Waals surface area contributed by atoms with Crippen LogP contribution in [0.15, 0.2) is 30.5 Å². The Balaban J connectivity index is 1.47. The van der Waals surface area contributed by atoms with Gasteiger partial charge in [0.2, 0.25) is 0 Å². The number of alkyl carbamates (subject to hydrolysis) is 1. The fraction of sp³-hybridized carbons (Fsp3) is 0.529. The molecule has 2 N–H and O–H groups in total. The van der Waals surface area contributed by atoms with Gasteiger partial charge in [0.25, 0.3) is 0 Å². The molecule has 1 aliphatic heterocycles. The van der Waals surface area contributed by atoms with E-state index in [2.05, 4.69) is 45.3 Å². The Hall–Kier alpha value is -3.48. The molecule has 0 spiro atoms. The number of nitrogens with zero attached hydrogens (tertiary/aromatic N) is 1. The molecule has 41 heavy (non-hydrogen) atoms. The molecule has 3 aromatic rings. The normalized spacial score (nSPS) is 20.8. The minimum absolute atomic E-state index is 0.178. The van der Waals surface area contributed by atoms with E-state index in [4.69, 9.17) is 9.47 Å². The van der Waals surface area contributed by atoms with Gasteiger partial charge in [-0.15, -0.1) is 0 Å². The van der Waals surface area contributed by atoms with Gasteiger partial charge in [-0.1, -0.05) is 37.5 Å². The summed E-state index contributed by atoms with van der Waals surface area (Å²) < 4.78 is 13.1. The molecule has 2 fully saturated rings. The third-order valence-corrected chi connectivity index (χ3v) is 9.24. The van der Waals surface area contributed by atoms with Crippen LogP contribution in [0.3, 0.4) is 0 Å². The van der Waals surface area contributed by atoms with Gasteiger partial charge in [0.15, 0.2) is 0 Å². The van der Waals surface area contributed by atoms with Gasteiger partial charge in [0.05, 0.1) is 18.2 Å². The Bertz CT molecular complexity index is 1580. The molecule has 2 saturated carbocycles. The van der Waals surface area contributed by atoms with Gasteiger partial charge in [-0.3, -0.25) is 0 Å². The number of esters is 1. The van der Waals surface area contributed by atoms with Crippen molar-refractivity contribution in [3.8, 4) is 0 Å². The summed E-state index contributed by atoms with van der Waals surface area (Å²) in [6.45, 7) is 6.21. The van der Waals surface area contributed by atoms with Gasteiger partial charge in [-0.25, -0.2) is 9.59 Å². The Labute approximate surface area is 242 Å². The number of hydrogen-bond acceptors (Lipinski definition) is 4. The highest BCUT2D eigenvalue weighted by Gasteiger charge is 2.36. The van der Waals surface area contributed by atoms with Crippen molar-refractivity contribution in [1.29, 1.82) is 0 Å². The largest absolute Gasteiger partial charge is 0.465 e. The molecule has 218 valence electrons. The smallest absolute Gasteiger partial charge is 0.407 e. The number of carbonyl (C=O) groups excluding carboxylic acids is 2. The van der Waals surface area contributed by atoms with E-state index in [1.54, 1.807) is 0 Å². The number of methoxy groups -OCH3 is 1. The van der Waals surface area contributed by atoms with Gasteiger partial charge in [0, 0.05) is 46.5 Å². The van der Waals surface area contributed by atoms with Crippen LogP contribution in [0.2, 0.25) is 0 Å². The molecular weight excluding hydrogens is 514 g/mol. The molecule has 2 aromatic heterocycles. The molecule has 0 saturated heterocycles. The average Bonchev–Trinajstić information content (AvgIpc) is 3.50. The van der Waals surface area contributed by atoms with Crippen molar-refractivity contribution in [3.05, 3.63) is 57.9 Å². The second-order valence-corrected chi connectivity index (χ2v) is 13.0. The summed E-state index contributed by atoms with van der Waals surface area (Å²) in [4.78, 5) is 28.8. The summed E-state index contributed by atoms with van der Waals surface area (Å²) in [6, 6.07) is 9.14. The quantitative estimate of drug-likeness (QED) is 0.374. The zero-order valence-electron chi connectivity index (χ0n) is 24.8. The average molecular weight is 558 g/mol. The molecule has 2 atom stereocenters. The van der Waals surface area contributed by atoms with Crippen molar-refractivity contribution in [2.75, 3.05) is 13.7 Å². The zero-order chi connectivity index (χ0) is 28.7. The number of amides is 1. The van der Waals surface area contributed by atoms with E-state index in [0.717, 1.165) is 36.3 Å². The van der Waals surface area contributed by atoms with Gasteiger partial charge in [0.1, 0.15) is 5.60 Å². The Morgan fingerprint density at radius 1 is 1.10 bits per heavy atom. The number of aromatic amines is 1. The van der Waals surface area contributed by atoms with Crippen LogP contribution in [0.5, 0.6) is 0 Å². The monoisotopic (exact) mass is 557 g/mol. The highest BCUT2D eigenvalue weighted by molar-refractivity contribution is 5.92. The molecule has 0 radical (unpaired) electrons. The molecule has 1 amide bonds. The predicted molar refractivity (Wildman–Crippen MR) is 161 cm³/mol. The van der Waals surface area contributed by atoms with E-state index in [1.165, 1.54) is 66.9 Å². The maximum atomic E-state index is 12.9. The lowest BCUT2D eigenvalue weighted by Gasteiger charge is -2.34. The van der Waals surface area contributed by atoms with Gasteiger partial charge < -0.3 is 24.3 Å². The number of hydrogen-bond donors (Lipinski definition) is 2. The number of carbonyl (C=O) groups is 2. The fourth-order valence-electron chi connectivity index (χ4n) is 7.54. The first-order valence-corrected chi connectivity index (χ1v) is 15.4. The molecule has 0 bridgehead atoms. The zero-order valence-corrected chi connectivity index (χ0v) is 24.8. The Morgan fingerprint density at radius 2 is 1.90 bits per heavy atom. The Kier molecular flexibility index (Phi) is 7.47. The highest BCUT2D eigenvalue weighted by atomic mass is 16.6. The van der Waals surface area contributed by atoms with E-state index >= 15 is 0 Å². The summed E-state index contributed by atoms with van der Waals surface area (Å²) in [7, 11) is 1.44. The van der Waals surface area contributed by atoms with Crippen molar-refractivity contribution < 1.29 is 19.1 Å². The number of para-hydroxylation sites is 1. The van der Waals surface area contributed by atoms with Crippen LogP contribution < -0.4 is 15.9 Å². The summed E-state index contributed by atoms with van der Waals surface area (Å²) in [5.74, 6) is 0.756. The van der Waals surface area contributed by atoms with E-state index in [9.17, 15) is 9.59 Å². The van der Waals surface area contributed by atoms with Crippen molar-refractivity contribution >= 4 is 34.7 Å². The topological polar surface area (TPSA) is 85.4 Å². The predicted octanol–water partition coefficient (Wildman–Crippen LogP) is 6.05. The van der Waals surface area contributed by atoms with Crippen LogP contribution in [-0.2, 0) is 9.47 Å². The van der Waals surface area contributed by atoms with Crippen LogP contribution in [0.4, 0.5) is 4.79 Å². The first-order valence-electron chi connectivity index (χ1n) is 15.4. The minimum Gasteiger partial charge on any atom is -0.465 e. The van der Waals surface area contributed by atoms with Crippen molar-refractivity contribution in [1.82, 2.24) is 14.9 Å². The highest BCUT2D eigenvalue weighted by Crippen LogP contribution is 2.47. The molecule has 2 aliphatic carbocycles. The van der Waals surface area contributed by atoms with E-state index < -0.39 is 5.60 Å². The van der Waals surface area contributed by atoms with Gasteiger partial charge >= 0.3 is 12.1 Å². The molecular formula is C34H43N3O4. The van der Waals surface area contributed by atoms with Crippen LogP contribution >= 0.6 is 0 Å². The molecule has 3 aliphatic rings. The third kappa shape index (κ3) is 5.31. The van der Waals surface area contributed by atoms with Crippen molar-refractivity contribution in [2.45, 2.75) is 96.0 Å². The summed E-state index contributed by atoms with van der Waals surface area (Å²) in [6.07, 6.45) is 13.9. The van der Waals surface area contributed by atoms with Gasteiger partial charge in [-0.2, -0.15) is 0 Å². The van der Waals surface area contributed by atoms with Crippen LogP contribution in [-0.4, -0.2) is 40.9 Å². The van der Waals surface area contributed by atoms with E-state index in [-0.39, 0.29) is 18.0 Å². The first-order chi connectivity index (χ1) is 19.7. The van der Waals surface area contributed by atoms with Crippen LogP contribution in [0, 0.1) is 5.92 Å². The van der Waals surface area contributed by atoms with Crippen molar-refractivity contribution in [3.63, 3.8) is 0 Å². The number of aromatic nitrogens is 2. The first kappa shape index (κ1) is 27.7. The summed E-state index contributed by atoms with van der Waals surface area (Å²) in [5, 5.41) is 6.21. The molecule has 1 aromatic carbocycles. The number of fused-ring (bicyclic) bond motifs is 6. The van der Waals surface area contributed by atoms with E-state index in [0.29, 0.717) is 23.9 Å². The summed E-state index contributed by atoms with van der Waals surface area (Å²) in [5.41, 5.74) is 5.37. The molecule has 7 heteroatoms. The lowest BCUT2D eigenvalue weighted by molar-refractivity contribution is 0.0523. The minimum atomic E-state index is -0.522. The maximum Gasteiger partial charge on any atom is 0.407 e. The van der Waals surface area contributed by atoms with Gasteiger partial charge in [-0.05, 0) is 88.3 Å². The maximum absolute atomic E-state index is 12.9. The molecule has 1 unspecified atom stereocenters. The third-order valence-electron chi connectivity index (χ3n) is 9.24. The lowest BCUT2D eigenvalue weighted by Crippen LogP contribution is -2.35. The lowest BCUT2D eigenvalue weighted by atomic mass is 9.72. The molecule has 6 rings (SSSR count). The second kappa shape index (κ2) is 11.1. The number of nitrogens with one attached hydrogen (secondary N) is 2. The van der Waals surface area contributed by atoms with Crippen LogP contribution in [0.25, 0.3) is 22.7 Å². The van der Waals surface area contributed by atoms with Crippen LogP contribution in [0.1, 0.15) is 112 Å². The SMILES string of the molecule is COC(=O)c1c[nH]c2c1=Cn1c(cc3cccc(C4CCCCC4)c31)[C@H]1C=2CCCC1CCNC(=O)OC(C)(C)C. The second-order valence-electron chi connectivity index (χ2n) is 13.0. The standard InChI is InChI=1S/C34H43N3O4/c1-34(2,3)41-33(39)35-17-16-22-12-8-15-25-29(22)28-18-23-13-9-14-24(21-10-6-5-7-11-21)31(23)37(28)20-27-26(32(38)40-4)19-36-30(25)27/h9,13-14,18-22,29,36H,5-8,10-12,15-17H2,1-4H3,(H,35,39)/t22?,29-/m1/s1. The summed E-state index contributed by atoms with van der Waals surface area (Å²) >= 11 is 0. The fourth-order valence-corrected chi connectivity index (χ4v) is 7.54. The van der Waals surface area contributed by atoms with E-state index in [1.807, 2.05) is 27.0 Å². The number of benzene rings is 1. The number of rotatable bonds is 5. The number of ether oxygens (including phenoxy) is 2. The Morgan fingerprint density at radius 3 is 2.66 bits per heavy atom. The molecule has 7 nitrogen and oxygen atoms in total. The van der Waals surface area contributed by atoms with Crippen molar-refractivity contribution in [2.24, 2.45) is 5.92 Å². The molecule has 3 heterocycles. The number of H-pyrrole nitrogens is 1.